The molecule has 0 radical (unpaired) electrons. The molecule has 8 heteroatoms. The fourth-order valence-corrected chi connectivity index (χ4v) is 3.64. The van der Waals surface area contributed by atoms with E-state index in [-0.39, 0.29) is 5.91 Å². The molecule has 4 heterocycles. The fraction of sp³-hybridized carbons (Fsp3) is 0.318. The van der Waals surface area contributed by atoms with Crippen LogP contribution in [-0.2, 0) is 18.3 Å². The average Bonchev–Trinajstić information content (AvgIpc) is 3.19. The van der Waals surface area contributed by atoms with E-state index >= 15 is 0 Å². The quantitative estimate of drug-likeness (QED) is 0.637. The minimum absolute atomic E-state index is 0.0434. The Hall–Kier alpha value is -3.55. The first-order valence-corrected chi connectivity index (χ1v) is 10.1. The Labute approximate surface area is 175 Å². The van der Waals surface area contributed by atoms with Crippen molar-refractivity contribution in [2.45, 2.75) is 19.3 Å². The molecule has 1 aliphatic rings. The van der Waals surface area contributed by atoms with Crippen LogP contribution in [0.5, 0.6) is 0 Å². The number of hydrogen-bond donors (Lipinski definition) is 1. The standard InChI is InChI=1S/C22H25N7O/c1-28-19(11-13-24-28)8-10-22(30)29-14-4-5-17(16-29)15-18-7-9-21(27-26-18)25-20-6-2-3-12-23-20/h2-3,6-13,17H,4-5,14-16H2,1H3,(H,23,25,27)/b10-8+/t17-/m1/s1. The molecule has 1 atom stereocenters. The van der Waals surface area contributed by atoms with Crippen molar-refractivity contribution < 1.29 is 4.79 Å². The van der Waals surface area contributed by atoms with E-state index in [1.807, 2.05) is 54.4 Å². The number of pyridine rings is 1. The summed E-state index contributed by atoms with van der Waals surface area (Å²) in [6, 6.07) is 11.5. The van der Waals surface area contributed by atoms with E-state index in [9.17, 15) is 4.79 Å². The first-order valence-electron chi connectivity index (χ1n) is 10.1. The molecular formula is C22H25N7O. The van der Waals surface area contributed by atoms with Crippen molar-refractivity contribution in [2.75, 3.05) is 18.4 Å². The van der Waals surface area contributed by atoms with Crippen LogP contribution in [0.1, 0.15) is 24.2 Å². The molecule has 30 heavy (non-hydrogen) atoms. The van der Waals surface area contributed by atoms with Gasteiger partial charge >= 0.3 is 0 Å². The van der Waals surface area contributed by atoms with Crippen LogP contribution in [0, 0.1) is 5.92 Å². The molecule has 0 aromatic carbocycles. The van der Waals surface area contributed by atoms with Crippen LogP contribution >= 0.6 is 0 Å². The first-order chi connectivity index (χ1) is 14.7. The fourth-order valence-electron chi connectivity index (χ4n) is 3.64. The predicted octanol–water partition coefficient (Wildman–Crippen LogP) is 2.84. The van der Waals surface area contributed by atoms with Crippen LogP contribution in [-0.4, -0.2) is 48.9 Å². The molecule has 3 aromatic heterocycles. The molecular weight excluding hydrogens is 378 g/mol. The molecule has 1 fully saturated rings. The molecule has 0 spiro atoms. The Morgan fingerprint density at radius 3 is 2.83 bits per heavy atom. The molecule has 0 saturated carbocycles. The first kappa shape index (κ1) is 19.8. The van der Waals surface area contributed by atoms with Gasteiger partial charge in [0.15, 0.2) is 5.82 Å². The lowest BCUT2D eigenvalue weighted by molar-refractivity contribution is -0.127. The van der Waals surface area contributed by atoms with Gasteiger partial charge in [0.1, 0.15) is 5.82 Å². The van der Waals surface area contributed by atoms with Gasteiger partial charge in [0.25, 0.3) is 0 Å². The van der Waals surface area contributed by atoms with Gasteiger partial charge in [-0.05, 0) is 61.6 Å². The van der Waals surface area contributed by atoms with Gasteiger partial charge in [-0.2, -0.15) is 10.2 Å². The Kier molecular flexibility index (Phi) is 6.12. The number of nitrogens with zero attached hydrogens (tertiary/aromatic N) is 6. The number of nitrogens with one attached hydrogen (secondary N) is 1. The third kappa shape index (κ3) is 5.08. The van der Waals surface area contributed by atoms with Crippen LogP contribution in [0.2, 0.25) is 0 Å². The van der Waals surface area contributed by atoms with E-state index in [1.165, 1.54) is 0 Å². The summed E-state index contributed by atoms with van der Waals surface area (Å²) < 4.78 is 1.74. The number of rotatable bonds is 6. The van der Waals surface area contributed by atoms with Gasteiger partial charge in [0.2, 0.25) is 5.91 Å². The summed E-state index contributed by atoms with van der Waals surface area (Å²) in [6.07, 6.45) is 9.81. The number of piperidine rings is 1. The number of hydrogen-bond acceptors (Lipinski definition) is 6. The maximum atomic E-state index is 12.6. The molecule has 154 valence electrons. The Morgan fingerprint density at radius 2 is 2.10 bits per heavy atom. The zero-order valence-electron chi connectivity index (χ0n) is 17.0. The second-order valence-corrected chi connectivity index (χ2v) is 7.46. The highest BCUT2D eigenvalue weighted by molar-refractivity contribution is 5.91. The third-order valence-corrected chi connectivity index (χ3v) is 5.22. The van der Waals surface area contributed by atoms with Gasteiger partial charge in [-0.1, -0.05) is 6.07 Å². The van der Waals surface area contributed by atoms with Crippen molar-refractivity contribution in [2.24, 2.45) is 13.0 Å². The number of aryl methyl sites for hydroxylation is 1. The van der Waals surface area contributed by atoms with Gasteiger partial charge in [-0.3, -0.25) is 9.48 Å². The Morgan fingerprint density at radius 1 is 1.17 bits per heavy atom. The zero-order valence-corrected chi connectivity index (χ0v) is 17.0. The summed E-state index contributed by atoms with van der Waals surface area (Å²) in [7, 11) is 1.86. The average molecular weight is 403 g/mol. The molecule has 1 amide bonds. The monoisotopic (exact) mass is 403 g/mol. The summed E-state index contributed by atoms with van der Waals surface area (Å²) in [5.74, 6) is 1.83. The Bertz CT molecular complexity index is 998. The second kappa shape index (κ2) is 9.30. The lowest BCUT2D eigenvalue weighted by Gasteiger charge is -2.32. The van der Waals surface area contributed by atoms with Crippen molar-refractivity contribution in [3.63, 3.8) is 0 Å². The molecule has 1 aliphatic heterocycles. The van der Waals surface area contributed by atoms with E-state index in [1.54, 1.807) is 23.2 Å². The minimum atomic E-state index is 0.0434. The summed E-state index contributed by atoms with van der Waals surface area (Å²) >= 11 is 0. The van der Waals surface area contributed by atoms with Crippen molar-refractivity contribution >= 4 is 23.6 Å². The molecule has 0 aliphatic carbocycles. The lowest BCUT2D eigenvalue weighted by atomic mass is 9.93. The minimum Gasteiger partial charge on any atom is -0.339 e. The van der Waals surface area contributed by atoms with Gasteiger partial charge < -0.3 is 10.2 Å². The molecule has 0 unspecified atom stereocenters. The van der Waals surface area contributed by atoms with Crippen molar-refractivity contribution in [1.29, 1.82) is 0 Å². The molecule has 3 aromatic rings. The number of amides is 1. The van der Waals surface area contributed by atoms with E-state index < -0.39 is 0 Å². The van der Waals surface area contributed by atoms with Crippen molar-refractivity contribution in [1.82, 2.24) is 29.9 Å². The second-order valence-electron chi connectivity index (χ2n) is 7.46. The maximum Gasteiger partial charge on any atom is 0.246 e. The summed E-state index contributed by atoms with van der Waals surface area (Å²) in [4.78, 5) is 18.7. The number of aromatic nitrogens is 5. The normalized spacial score (nSPS) is 16.7. The number of carbonyl (C=O) groups excluding carboxylic acids is 1. The van der Waals surface area contributed by atoms with Crippen LogP contribution in [0.4, 0.5) is 11.6 Å². The molecule has 0 bridgehead atoms. The van der Waals surface area contributed by atoms with Crippen LogP contribution < -0.4 is 5.32 Å². The third-order valence-electron chi connectivity index (χ3n) is 5.22. The highest BCUT2D eigenvalue weighted by atomic mass is 16.2. The number of carbonyl (C=O) groups is 1. The van der Waals surface area contributed by atoms with Gasteiger partial charge in [0, 0.05) is 38.6 Å². The molecule has 4 rings (SSSR count). The number of likely N-dealkylation sites (tertiary alicyclic amines) is 1. The van der Waals surface area contributed by atoms with Crippen molar-refractivity contribution in [3.8, 4) is 0 Å². The molecule has 1 saturated heterocycles. The summed E-state index contributed by atoms with van der Waals surface area (Å²) in [5.41, 5.74) is 1.85. The van der Waals surface area contributed by atoms with Crippen molar-refractivity contribution in [3.05, 3.63) is 66.3 Å². The lowest BCUT2D eigenvalue weighted by Crippen LogP contribution is -2.39. The van der Waals surface area contributed by atoms with E-state index in [0.717, 1.165) is 49.6 Å². The van der Waals surface area contributed by atoms with Crippen LogP contribution in [0.15, 0.2) is 54.9 Å². The van der Waals surface area contributed by atoms with Gasteiger partial charge in [-0.15, -0.1) is 5.10 Å². The zero-order chi connectivity index (χ0) is 20.8. The Balaban J connectivity index is 1.32. The highest BCUT2D eigenvalue weighted by Crippen LogP contribution is 2.21. The smallest absolute Gasteiger partial charge is 0.246 e. The SMILES string of the molecule is Cn1nccc1/C=C/C(=O)N1CCC[C@H](Cc2ccc(Nc3ccccn3)nn2)C1. The largest absolute Gasteiger partial charge is 0.339 e. The molecule has 1 N–H and O–H groups in total. The van der Waals surface area contributed by atoms with E-state index in [2.05, 4.69) is 25.6 Å². The van der Waals surface area contributed by atoms with Gasteiger partial charge in [0.05, 0.1) is 11.4 Å². The van der Waals surface area contributed by atoms with Gasteiger partial charge in [-0.25, -0.2) is 4.98 Å². The van der Waals surface area contributed by atoms with E-state index in [4.69, 9.17) is 0 Å². The van der Waals surface area contributed by atoms with Crippen LogP contribution in [0.25, 0.3) is 6.08 Å². The number of anilines is 2. The maximum absolute atomic E-state index is 12.6. The molecule has 8 nitrogen and oxygen atoms in total. The van der Waals surface area contributed by atoms with E-state index in [0.29, 0.717) is 11.7 Å². The topological polar surface area (TPSA) is 88.8 Å². The summed E-state index contributed by atoms with van der Waals surface area (Å²) in [6.45, 7) is 1.54. The summed E-state index contributed by atoms with van der Waals surface area (Å²) in [5, 5.41) is 15.9. The van der Waals surface area contributed by atoms with Crippen LogP contribution in [0.3, 0.4) is 0 Å². The highest BCUT2D eigenvalue weighted by Gasteiger charge is 2.23. The predicted molar refractivity (Wildman–Crippen MR) is 115 cm³/mol.